The zero-order chi connectivity index (χ0) is 17.3. The highest BCUT2D eigenvalue weighted by molar-refractivity contribution is 7.85. The van der Waals surface area contributed by atoms with E-state index in [0.29, 0.717) is 23.3 Å². The number of hydrogen-bond acceptors (Lipinski definition) is 2. The largest absolute Gasteiger partial charge is 0.285 e. The van der Waals surface area contributed by atoms with Crippen LogP contribution >= 0.6 is 0 Å². The molecule has 3 nitrogen and oxygen atoms in total. The lowest BCUT2D eigenvalue weighted by molar-refractivity contribution is 0.482. The van der Waals surface area contributed by atoms with Crippen LogP contribution in [0.5, 0.6) is 0 Å². The minimum atomic E-state index is -3.98. The number of allylic oxidation sites excluding steroid dienone is 2. The summed E-state index contributed by atoms with van der Waals surface area (Å²) in [6, 6.07) is 16.2. The Morgan fingerprint density at radius 1 is 0.875 bits per heavy atom. The maximum absolute atomic E-state index is 11.0. The molecule has 0 aliphatic heterocycles. The van der Waals surface area contributed by atoms with Crippen LogP contribution in [0.15, 0.2) is 60.7 Å². The van der Waals surface area contributed by atoms with Gasteiger partial charge in [-0.3, -0.25) is 4.55 Å². The molecule has 2 aromatic carbocycles. The van der Waals surface area contributed by atoms with Gasteiger partial charge >= 0.3 is 0 Å². The van der Waals surface area contributed by atoms with Crippen molar-refractivity contribution in [3.8, 4) is 0 Å². The third-order valence-corrected chi connectivity index (χ3v) is 5.53. The summed E-state index contributed by atoms with van der Waals surface area (Å²) in [4.78, 5) is 0. The molecule has 0 fully saturated rings. The highest BCUT2D eigenvalue weighted by atomic mass is 32.2. The lowest BCUT2D eigenvalue weighted by atomic mass is 9.82. The fourth-order valence-electron chi connectivity index (χ4n) is 3.48. The molecule has 0 saturated heterocycles. The van der Waals surface area contributed by atoms with Crippen LogP contribution in [-0.2, 0) is 15.9 Å². The zero-order valence-corrected chi connectivity index (χ0v) is 14.7. The van der Waals surface area contributed by atoms with Crippen molar-refractivity contribution in [1.82, 2.24) is 0 Å². The predicted molar refractivity (Wildman–Crippen MR) is 96.7 cm³/mol. The van der Waals surface area contributed by atoms with Gasteiger partial charge < -0.3 is 0 Å². The Hall–Kier alpha value is -1.91. The van der Waals surface area contributed by atoms with Gasteiger partial charge in [-0.15, -0.1) is 0 Å². The van der Waals surface area contributed by atoms with Gasteiger partial charge in [0.15, 0.2) is 0 Å². The second-order valence-corrected chi connectivity index (χ2v) is 8.13. The van der Waals surface area contributed by atoms with Gasteiger partial charge in [-0.1, -0.05) is 73.2 Å². The molecular weight excluding hydrogens is 320 g/mol. The average molecular weight is 342 g/mol. The van der Waals surface area contributed by atoms with Crippen LogP contribution in [0.3, 0.4) is 0 Å². The van der Waals surface area contributed by atoms with E-state index in [-0.39, 0.29) is 5.75 Å². The minimum absolute atomic E-state index is 0.316. The van der Waals surface area contributed by atoms with Crippen molar-refractivity contribution in [1.29, 1.82) is 0 Å². The van der Waals surface area contributed by atoms with E-state index in [9.17, 15) is 8.42 Å². The summed E-state index contributed by atoms with van der Waals surface area (Å²) in [6.07, 6.45) is 4.51. The Morgan fingerprint density at radius 2 is 1.33 bits per heavy atom. The van der Waals surface area contributed by atoms with E-state index in [4.69, 9.17) is 4.55 Å². The van der Waals surface area contributed by atoms with Crippen molar-refractivity contribution in [2.75, 3.05) is 0 Å². The molecule has 4 heteroatoms. The van der Waals surface area contributed by atoms with Crippen molar-refractivity contribution in [2.24, 2.45) is 5.92 Å². The van der Waals surface area contributed by atoms with Gasteiger partial charge in [0.2, 0.25) is 0 Å². The Morgan fingerprint density at radius 3 is 1.79 bits per heavy atom. The van der Waals surface area contributed by atoms with Gasteiger partial charge in [-0.05, 0) is 29.5 Å². The maximum Gasteiger partial charge on any atom is 0.269 e. The van der Waals surface area contributed by atoms with E-state index in [1.54, 1.807) is 12.1 Å². The molecule has 3 rings (SSSR count). The van der Waals surface area contributed by atoms with Crippen LogP contribution in [0.25, 0.3) is 0 Å². The third kappa shape index (κ3) is 3.77. The van der Waals surface area contributed by atoms with Crippen LogP contribution in [-0.4, -0.2) is 13.0 Å². The van der Waals surface area contributed by atoms with Gasteiger partial charge in [0.1, 0.15) is 5.75 Å². The minimum Gasteiger partial charge on any atom is -0.285 e. The first-order valence-corrected chi connectivity index (χ1v) is 9.73. The Labute approximate surface area is 143 Å². The Bertz CT molecular complexity index is 833. The van der Waals surface area contributed by atoms with Crippen LogP contribution in [0, 0.1) is 12.8 Å². The number of rotatable bonds is 4. The maximum atomic E-state index is 11.0. The molecule has 1 aliphatic rings. The van der Waals surface area contributed by atoms with Crippen LogP contribution in [0.4, 0.5) is 0 Å². The lowest BCUT2D eigenvalue weighted by Crippen LogP contribution is -2.10. The first-order chi connectivity index (χ1) is 11.3. The van der Waals surface area contributed by atoms with Gasteiger partial charge in [-0.25, -0.2) is 0 Å². The summed E-state index contributed by atoms with van der Waals surface area (Å²) >= 11 is 0. The zero-order valence-electron chi connectivity index (χ0n) is 13.9. The Balaban J connectivity index is 1.77. The third-order valence-electron chi connectivity index (χ3n) is 4.83. The summed E-state index contributed by atoms with van der Waals surface area (Å²) in [6.45, 7) is 4.34. The number of hydrogen-bond donors (Lipinski definition) is 1. The van der Waals surface area contributed by atoms with Gasteiger partial charge in [0, 0.05) is 11.8 Å². The predicted octanol–water partition coefficient (Wildman–Crippen LogP) is 4.46. The molecule has 0 saturated carbocycles. The van der Waals surface area contributed by atoms with Crippen molar-refractivity contribution >= 4 is 10.1 Å². The first-order valence-electron chi connectivity index (χ1n) is 8.12. The van der Waals surface area contributed by atoms with E-state index in [1.165, 1.54) is 16.7 Å². The molecule has 126 valence electrons. The molecule has 0 amide bonds. The van der Waals surface area contributed by atoms with Crippen LogP contribution < -0.4 is 0 Å². The van der Waals surface area contributed by atoms with Gasteiger partial charge in [0.05, 0.1) is 0 Å². The van der Waals surface area contributed by atoms with Crippen LogP contribution in [0.2, 0.25) is 0 Å². The number of benzene rings is 2. The monoisotopic (exact) mass is 342 g/mol. The standard InChI is InChI=1S/C20H22O3S/c1-14-3-7-17(8-4-14)19-11-12-20(15(19)2)18-9-5-16(6-10-18)13-24(21,22)23/h3-12,15,19-20H,13H2,1-2H3,(H,21,22,23). The molecule has 0 aromatic heterocycles. The van der Waals surface area contributed by atoms with Crippen molar-refractivity contribution in [3.63, 3.8) is 0 Å². The van der Waals surface area contributed by atoms with Crippen LogP contribution in [0.1, 0.15) is 41.0 Å². The smallest absolute Gasteiger partial charge is 0.269 e. The second-order valence-electron chi connectivity index (χ2n) is 6.67. The number of aryl methyl sites for hydroxylation is 1. The summed E-state index contributed by atoms with van der Waals surface area (Å²) in [7, 11) is -3.98. The molecule has 2 aromatic rings. The summed E-state index contributed by atoms with van der Waals surface area (Å²) in [5.41, 5.74) is 4.37. The molecule has 0 radical (unpaired) electrons. The highest BCUT2D eigenvalue weighted by Crippen LogP contribution is 2.43. The van der Waals surface area contributed by atoms with Crippen molar-refractivity contribution in [2.45, 2.75) is 31.4 Å². The Kier molecular flexibility index (Phi) is 4.61. The fourth-order valence-corrected chi connectivity index (χ4v) is 4.09. The molecular formula is C20H22O3S. The lowest BCUT2D eigenvalue weighted by Gasteiger charge is -2.22. The average Bonchev–Trinajstić information content (AvgIpc) is 2.89. The topological polar surface area (TPSA) is 54.4 Å². The highest BCUT2D eigenvalue weighted by Gasteiger charge is 2.29. The molecule has 0 heterocycles. The van der Waals surface area contributed by atoms with Gasteiger partial charge in [-0.2, -0.15) is 8.42 Å². The first kappa shape index (κ1) is 16.9. The van der Waals surface area contributed by atoms with E-state index in [0.717, 1.165) is 0 Å². The van der Waals surface area contributed by atoms with E-state index >= 15 is 0 Å². The van der Waals surface area contributed by atoms with E-state index in [2.05, 4.69) is 50.3 Å². The van der Waals surface area contributed by atoms with Crippen molar-refractivity contribution < 1.29 is 13.0 Å². The normalized spacial score (nSPS) is 23.5. The van der Waals surface area contributed by atoms with Crippen molar-refractivity contribution in [3.05, 3.63) is 82.9 Å². The molecule has 3 unspecified atom stereocenters. The second kappa shape index (κ2) is 6.54. The molecule has 0 bridgehead atoms. The molecule has 1 aliphatic carbocycles. The molecule has 3 atom stereocenters. The fraction of sp³-hybridized carbons (Fsp3) is 0.300. The summed E-state index contributed by atoms with van der Waals surface area (Å²) in [5, 5.41) is 0. The molecule has 24 heavy (non-hydrogen) atoms. The summed E-state index contributed by atoms with van der Waals surface area (Å²) < 4.78 is 30.9. The molecule has 1 N–H and O–H groups in total. The van der Waals surface area contributed by atoms with E-state index in [1.807, 2.05) is 12.1 Å². The van der Waals surface area contributed by atoms with E-state index < -0.39 is 10.1 Å². The summed E-state index contributed by atoms with van der Waals surface area (Å²) in [5.74, 6) is 0.819. The van der Waals surface area contributed by atoms with Gasteiger partial charge in [0.25, 0.3) is 10.1 Å². The SMILES string of the molecule is Cc1ccc(C2C=CC(c3ccc(CS(=O)(=O)O)cc3)C2C)cc1. The molecule has 0 spiro atoms. The quantitative estimate of drug-likeness (QED) is 0.659.